The summed E-state index contributed by atoms with van der Waals surface area (Å²) < 4.78 is 5.02. The molecule has 3 N–H and O–H groups in total. The van der Waals surface area contributed by atoms with Crippen LogP contribution in [0.25, 0.3) is 0 Å². The van der Waals surface area contributed by atoms with Gasteiger partial charge in [-0.15, -0.1) is 0 Å². The van der Waals surface area contributed by atoms with E-state index in [4.69, 9.17) is 4.74 Å². The van der Waals surface area contributed by atoms with Crippen LogP contribution in [-0.2, 0) is 17.7 Å². The number of aliphatic hydroxyl groups is 1. The average molecular weight is 334 g/mol. The van der Waals surface area contributed by atoms with Crippen molar-refractivity contribution in [3.8, 4) is 0 Å². The minimum atomic E-state index is -0.465. The number of hydrogen-bond donors (Lipinski definition) is 3. The molecule has 134 valence electrons. The van der Waals surface area contributed by atoms with Crippen molar-refractivity contribution in [2.24, 2.45) is 4.99 Å². The van der Waals surface area contributed by atoms with Gasteiger partial charge in [0, 0.05) is 39.8 Å². The molecule has 0 saturated carbocycles. The number of ether oxygens (including phenoxy) is 1. The molecule has 1 aromatic rings. The fourth-order valence-electron chi connectivity index (χ4n) is 2.88. The van der Waals surface area contributed by atoms with Crippen LogP contribution in [0.5, 0.6) is 0 Å². The largest absolute Gasteiger partial charge is 0.390 e. The van der Waals surface area contributed by atoms with E-state index in [1.54, 1.807) is 7.11 Å². The first-order valence-corrected chi connectivity index (χ1v) is 8.71. The van der Waals surface area contributed by atoms with Crippen molar-refractivity contribution < 1.29 is 9.84 Å². The van der Waals surface area contributed by atoms with Crippen LogP contribution in [0.4, 0.5) is 0 Å². The van der Waals surface area contributed by atoms with Crippen LogP contribution in [0.3, 0.4) is 0 Å². The lowest BCUT2D eigenvalue weighted by molar-refractivity contribution is 0.111. The Morgan fingerprint density at radius 3 is 2.88 bits per heavy atom. The third-order valence-electron chi connectivity index (χ3n) is 4.08. The fourth-order valence-corrected chi connectivity index (χ4v) is 2.88. The number of aliphatic imine (C=N–C) groups is 1. The number of guanidine groups is 1. The van der Waals surface area contributed by atoms with E-state index in [1.165, 1.54) is 11.1 Å². The normalized spacial score (nSPS) is 16.5. The van der Waals surface area contributed by atoms with Crippen molar-refractivity contribution in [1.82, 2.24) is 15.5 Å². The van der Waals surface area contributed by atoms with Gasteiger partial charge in [-0.25, -0.2) is 0 Å². The first-order valence-electron chi connectivity index (χ1n) is 8.71. The Hall–Kier alpha value is -1.63. The Kier molecular flexibility index (Phi) is 8.01. The van der Waals surface area contributed by atoms with E-state index in [2.05, 4.69) is 44.8 Å². The maximum Gasteiger partial charge on any atom is 0.191 e. The second-order valence-electron chi connectivity index (χ2n) is 6.05. The zero-order valence-corrected chi connectivity index (χ0v) is 14.8. The van der Waals surface area contributed by atoms with Crippen molar-refractivity contribution in [3.63, 3.8) is 0 Å². The molecule has 1 aliphatic heterocycles. The summed E-state index contributed by atoms with van der Waals surface area (Å²) >= 11 is 0. The molecule has 1 aliphatic rings. The van der Waals surface area contributed by atoms with Gasteiger partial charge in [-0.05, 0) is 24.5 Å². The van der Waals surface area contributed by atoms with Crippen LogP contribution >= 0.6 is 0 Å². The van der Waals surface area contributed by atoms with Crippen LogP contribution in [0, 0.1) is 0 Å². The van der Waals surface area contributed by atoms with Crippen LogP contribution in [0.2, 0.25) is 0 Å². The average Bonchev–Trinajstić information content (AvgIpc) is 2.60. The van der Waals surface area contributed by atoms with Gasteiger partial charge >= 0.3 is 0 Å². The van der Waals surface area contributed by atoms with Crippen LogP contribution in [0.1, 0.15) is 18.1 Å². The second-order valence-corrected chi connectivity index (χ2v) is 6.05. The van der Waals surface area contributed by atoms with Gasteiger partial charge in [0.15, 0.2) is 5.96 Å². The lowest BCUT2D eigenvalue weighted by atomic mass is 10.00. The highest BCUT2D eigenvalue weighted by Gasteiger charge is 2.18. The smallest absolute Gasteiger partial charge is 0.191 e. The molecule has 0 fully saturated rings. The van der Waals surface area contributed by atoms with E-state index >= 15 is 0 Å². The minimum Gasteiger partial charge on any atom is -0.390 e. The highest BCUT2D eigenvalue weighted by Crippen LogP contribution is 2.18. The Bertz CT molecular complexity index is 521. The summed E-state index contributed by atoms with van der Waals surface area (Å²) in [5, 5.41) is 16.7. The Balaban J connectivity index is 1.79. The van der Waals surface area contributed by atoms with Crippen molar-refractivity contribution in [2.45, 2.75) is 26.0 Å². The monoisotopic (exact) mass is 334 g/mol. The summed E-state index contributed by atoms with van der Waals surface area (Å²) in [5.41, 5.74) is 2.80. The highest BCUT2D eigenvalue weighted by atomic mass is 16.5. The van der Waals surface area contributed by atoms with Gasteiger partial charge in [0.2, 0.25) is 0 Å². The summed E-state index contributed by atoms with van der Waals surface area (Å²) in [7, 11) is 1.67. The number of β-amino-alcohol motifs (C(OH)–C–C–N with tert-alkyl or cyclic N) is 1. The standard InChI is InChI=1S/C18H30N4O2/c1-3-19-18(20-9-11-24-2)21-12-17(23)14-22-10-8-15-6-4-5-7-16(15)13-22/h4-7,17,23H,3,8-14H2,1-2H3,(H2,19,20,21). The topological polar surface area (TPSA) is 69.1 Å². The Morgan fingerprint density at radius 1 is 1.33 bits per heavy atom. The maximum atomic E-state index is 10.3. The van der Waals surface area contributed by atoms with Crippen LogP contribution in [0.15, 0.2) is 29.3 Å². The van der Waals surface area contributed by atoms with Gasteiger partial charge in [-0.2, -0.15) is 0 Å². The van der Waals surface area contributed by atoms with E-state index in [-0.39, 0.29) is 0 Å². The number of benzene rings is 1. The summed E-state index contributed by atoms with van der Waals surface area (Å²) in [6.45, 7) is 7.07. The molecule has 24 heavy (non-hydrogen) atoms. The summed E-state index contributed by atoms with van der Waals surface area (Å²) in [5.74, 6) is 0.720. The minimum absolute atomic E-state index is 0.389. The molecule has 1 unspecified atom stereocenters. The first kappa shape index (κ1) is 18.7. The Labute approximate surface area is 144 Å². The molecule has 0 bridgehead atoms. The van der Waals surface area contributed by atoms with E-state index in [9.17, 15) is 5.11 Å². The van der Waals surface area contributed by atoms with Gasteiger partial charge in [-0.3, -0.25) is 9.89 Å². The number of nitrogens with one attached hydrogen (secondary N) is 2. The zero-order valence-electron chi connectivity index (χ0n) is 14.8. The van der Waals surface area contributed by atoms with Crippen molar-refractivity contribution >= 4 is 5.96 Å². The molecule has 0 aliphatic carbocycles. The van der Waals surface area contributed by atoms with Gasteiger partial charge in [-0.1, -0.05) is 24.3 Å². The molecule has 0 saturated heterocycles. The maximum absolute atomic E-state index is 10.3. The number of hydrogen-bond acceptors (Lipinski definition) is 4. The zero-order chi connectivity index (χ0) is 17.2. The third-order valence-corrected chi connectivity index (χ3v) is 4.08. The number of nitrogens with zero attached hydrogens (tertiary/aromatic N) is 2. The number of rotatable bonds is 8. The van der Waals surface area contributed by atoms with Gasteiger partial charge in [0.05, 0.1) is 19.3 Å². The number of fused-ring (bicyclic) bond motifs is 1. The molecule has 0 radical (unpaired) electrons. The van der Waals surface area contributed by atoms with E-state index < -0.39 is 6.10 Å². The second kappa shape index (κ2) is 10.3. The van der Waals surface area contributed by atoms with E-state index in [0.29, 0.717) is 26.2 Å². The molecular weight excluding hydrogens is 304 g/mol. The van der Waals surface area contributed by atoms with Crippen molar-refractivity contribution in [2.75, 3.05) is 46.4 Å². The molecule has 1 heterocycles. The van der Waals surface area contributed by atoms with Gasteiger partial charge < -0.3 is 20.5 Å². The molecule has 0 aromatic heterocycles. The quantitative estimate of drug-likeness (QED) is 0.369. The predicted octanol–water partition coefficient (Wildman–Crippen LogP) is 0.607. The molecule has 2 rings (SSSR count). The first-order chi connectivity index (χ1) is 11.7. The van der Waals surface area contributed by atoms with Gasteiger partial charge in [0.25, 0.3) is 0 Å². The SMILES string of the molecule is CCNC(=NCC(O)CN1CCc2ccccc2C1)NCCOC. The fraction of sp³-hybridized carbons (Fsp3) is 0.611. The molecule has 6 nitrogen and oxygen atoms in total. The summed E-state index contributed by atoms with van der Waals surface area (Å²) in [6.07, 6.45) is 0.584. The predicted molar refractivity (Wildman–Crippen MR) is 97.3 cm³/mol. The molecular formula is C18H30N4O2. The Morgan fingerprint density at radius 2 is 2.12 bits per heavy atom. The van der Waals surface area contributed by atoms with Crippen molar-refractivity contribution in [1.29, 1.82) is 0 Å². The number of methoxy groups -OCH3 is 1. The molecule has 0 amide bonds. The van der Waals surface area contributed by atoms with Crippen LogP contribution in [-0.4, -0.2) is 68.5 Å². The molecule has 1 atom stereocenters. The summed E-state index contributed by atoms with van der Waals surface area (Å²) in [6, 6.07) is 8.55. The van der Waals surface area contributed by atoms with E-state index in [0.717, 1.165) is 32.0 Å². The molecule has 6 heteroatoms. The third kappa shape index (κ3) is 6.11. The molecule has 0 spiro atoms. The van der Waals surface area contributed by atoms with E-state index in [1.807, 2.05) is 6.92 Å². The highest BCUT2D eigenvalue weighted by molar-refractivity contribution is 5.79. The number of aliphatic hydroxyl groups excluding tert-OH is 1. The van der Waals surface area contributed by atoms with Gasteiger partial charge in [0.1, 0.15) is 0 Å². The molecule has 1 aromatic carbocycles. The lowest BCUT2D eigenvalue weighted by Crippen LogP contribution is -2.41. The summed E-state index contributed by atoms with van der Waals surface area (Å²) in [4.78, 5) is 6.76. The van der Waals surface area contributed by atoms with Crippen molar-refractivity contribution in [3.05, 3.63) is 35.4 Å². The lowest BCUT2D eigenvalue weighted by Gasteiger charge is -2.30. The van der Waals surface area contributed by atoms with Crippen LogP contribution < -0.4 is 10.6 Å².